The Kier molecular flexibility index (Phi) is 5.55. The van der Waals surface area contributed by atoms with Gasteiger partial charge in [-0.25, -0.2) is 9.97 Å². The first-order valence-electron chi connectivity index (χ1n) is 7.56. The maximum atomic E-state index is 12.4. The van der Waals surface area contributed by atoms with E-state index in [-0.39, 0.29) is 17.5 Å². The lowest BCUT2D eigenvalue weighted by Gasteiger charge is -2.09. The summed E-state index contributed by atoms with van der Waals surface area (Å²) in [6, 6.07) is 13.7. The molecule has 0 aliphatic carbocycles. The van der Waals surface area contributed by atoms with Gasteiger partial charge in [0.05, 0.1) is 22.8 Å². The van der Waals surface area contributed by atoms with Gasteiger partial charge >= 0.3 is 0 Å². The molecule has 8 heteroatoms. The molecule has 6 nitrogen and oxygen atoms in total. The highest BCUT2D eigenvalue weighted by atomic mass is 35.5. The Morgan fingerprint density at radius 2 is 1.92 bits per heavy atom. The number of methoxy groups -OCH3 is 1. The topological polar surface area (TPSA) is 76.1 Å². The van der Waals surface area contributed by atoms with Crippen LogP contribution in [0.3, 0.4) is 0 Å². The SMILES string of the molecule is COc1cccc(NC(=O)c2ccnc(Nc3cccc(Cl)c3Cl)n2)c1. The summed E-state index contributed by atoms with van der Waals surface area (Å²) < 4.78 is 5.14. The van der Waals surface area contributed by atoms with Crippen LogP contribution in [0.1, 0.15) is 10.5 Å². The molecule has 0 bridgehead atoms. The number of carbonyl (C=O) groups is 1. The van der Waals surface area contributed by atoms with Crippen molar-refractivity contribution in [3.8, 4) is 5.75 Å². The average molecular weight is 389 g/mol. The molecule has 0 spiro atoms. The van der Waals surface area contributed by atoms with Gasteiger partial charge in [0, 0.05) is 18.0 Å². The minimum absolute atomic E-state index is 0.198. The highest BCUT2D eigenvalue weighted by molar-refractivity contribution is 6.43. The lowest BCUT2D eigenvalue weighted by molar-refractivity contribution is 0.102. The normalized spacial score (nSPS) is 10.3. The predicted molar refractivity (Wildman–Crippen MR) is 103 cm³/mol. The summed E-state index contributed by atoms with van der Waals surface area (Å²) in [5, 5.41) is 6.47. The van der Waals surface area contributed by atoms with Crippen LogP contribution in [-0.4, -0.2) is 23.0 Å². The fourth-order valence-electron chi connectivity index (χ4n) is 2.16. The fraction of sp³-hybridized carbons (Fsp3) is 0.0556. The van der Waals surface area contributed by atoms with Gasteiger partial charge < -0.3 is 15.4 Å². The second-order valence-corrected chi connectivity index (χ2v) is 5.96. The van der Waals surface area contributed by atoms with E-state index < -0.39 is 0 Å². The number of halogens is 2. The van der Waals surface area contributed by atoms with Gasteiger partial charge in [-0.05, 0) is 30.3 Å². The molecule has 0 fully saturated rings. The zero-order valence-electron chi connectivity index (χ0n) is 13.7. The number of anilines is 3. The van der Waals surface area contributed by atoms with Gasteiger partial charge in [0.2, 0.25) is 5.95 Å². The van der Waals surface area contributed by atoms with Crippen LogP contribution >= 0.6 is 23.2 Å². The summed E-state index contributed by atoms with van der Waals surface area (Å²) in [7, 11) is 1.56. The van der Waals surface area contributed by atoms with Crippen LogP contribution in [0.15, 0.2) is 54.7 Å². The molecule has 0 saturated heterocycles. The molecule has 0 aliphatic rings. The number of amides is 1. The molecular weight excluding hydrogens is 375 g/mol. The Morgan fingerprint density at radius 3 is 2.73 bits per heavy atom. The molecule has 0 radical (unpaired) electrons. The third kappa shape index (κ3) is 4.22. The monoisotopic (exact) mass is 388 g/mol. The summed E-state index contributed by atoms with van der Waals surface area (Å²) in [5.41, 5.74) is 1.34. The standard InChI is InChI=1S/C18H14Cl2N4O2/c1-26-12-5-2-4-11(10-12)22-17(25)15-8-9-21-18(24-15)23-14-7-3-6-13(19)16(14)20/h2-10H,1H3,(H,22,25)(H,21,23,24). The van der Waals surface area contributed by atoms with Crippen LogP contribution in [0, 0.1) is 0 Å². The van der Waals surface area contributed by atoms with Crippen molar-refractivity contribution in [1.29, 1.82) is 0 Å². The molecule has 1 aromatic heterocycles. The molecule has 0 atom stereocenters. The Bertz CT molecular complexity index is 950. The number of nitrogens with zero attached hydrogens (tertiary/aromatic N) is 2. The zero-order chi connectivity index (χ0) is 18.5. The largest absolute Gasteiger partial charge is 0.497 e. The van der Waals surface area contributed by atoms with Crippen LogP contribution < -0.4 is 15.4 Å². The number of benzene rings is 2. The van der Waals surface area contributed by atoms with Crippen LogP contribution in [0.5, 0.6) is 5.75 Å². The highest BCUT2D eigenvalue weighted by Gasteiger charge is 2.11. The van der Waals surface area contributed by atoms with E-state index in [0.29, 0.717) is 27.2 Å². The van der Waals surface area contributed by atoms with Crippen molar-refractivity contribution in [2.75, 3.05) is 17.7 Å². The number of aromatic nitrogens is 2. The van der Waals surface area contributed by atoms with Crippen molar-refractivity contribution in [2.45, 2.75) is 0 Å². The maximum absolute atomic E-state index is 12.4. The molecule has 0 saturated carbocycles. The van der Waals surface area contributed by atoms with Gasteiger partial charge in [0.25, 0.3) is 5.91 Å². The lowest BCUT2D eigenvalue weighted by Crippen LogP contribution is -2.14. The number of rotatable bonds is 5. The number of carbonyl (C=O) groups excluding carboxylic acids is 1. The van der Waals surface area contributed by atoms with Crippen molar-refractivity contribution >= 4 is 46.4 Å². The lowest BCUT2D eigenvalue weighted by atomic mass is 10.3. The summed E-state index contributed by atoms with van der Waals surface area (Å²) in [6.07, 6.45) is 1.48. The van der Waals surface area contributed by atoms with Crippen molar-refractivity contribution in [1.82, 2.24) is 9.97 Å². The van der Waals surface area contributed by atoms with Gasteiger partial charge in [-0.2, -0.15) is 0 Å². The molecule has 26 heavy (non-hydrogen) atoms. The fourth-order valence-corrected chi connectivity index (χ4v) is 2.51. The Labute approximate surface area is 160 Å². The van der Waals surface area contributed by atoms with E-state index >= 15 is 0 Å². The first-order valence-corrected chi connectivity index (χ1v) is 8.32. The zero-order valence-corrected chi connectivity index (χ0v) is 15.2. The van der Waals surface area contributed by atoms with Crippen molar-refractivity contribution in [3.63, 3.8) is 0 Å². The van der Waals surface area contributed by atoms with E-state index in [9.17, 15) is 4.79 Å². The third-order valence-electron chi connectivity index (χ3n) is 3.41. The van der Waals surface area contributed by atoms with E-state index in [2.05, 4.69) is 20.6 Å². The smallest absolute Gasteiger partial charge is 0.274 e. The molecule has 132 valence electrons. The Morgan fingerprint density at radius 1 is 1.12 bits per heavy atom. The van der Waals surface area contributed by atoms with Crippen molar-refractivity contribution < 1.29 is 9.53 Å². The summed E-state index contributed by atoms with van der Waals surface area (Å²) >= 11 is 12.1. The van der Waals surface area contributed by atoms with E-state index in [1.54, 1.807) is 49.6 Å². The van der Waals surface area contributed by atoms with Crippen LogP contribution in [-0.2, 0) is 0 Å². The molecule has 3 aromatic rings. The van der Waals surface area contributed by atoms with Crippen molar-refractivity contribution in [3.05, 3.63) is 70.5 Å². The molecule has 0 unspecified atom stereocenters. The second kappa shape index (κ2) is 8.03. The predicted octanol–water partition coefficient (Wildman–Crippen LogP) is 4.79. The maximum Gasteiger partial charge on any atom is 0.274 e. The summed E-state index contributed by atoms with van der Waals surface area (Å²) in [5.74, 6) is 0.497. The quantitative estimate of drug-likeness (QED) is 0.656. The third-order valence-corrected chi connectivity index (χ3v) is 4.23. The molecule has 0 aliphatic heterocycles. The Balaban J connectivity index is 1.78. The molecular formula is C18H14Cl2N4O2. The first kappa shape index (κ1) is 18.0. The van der Waals surface area contributed by atoms with Gasteiger partial charge in [-0.15, -0.1) is 0 Å². The first-order chi connectivity index (χ1) is 12.6. The summed E-state index contributed by atoms with van der Waals surface area (Å²) in [6.45, 7) is 0. The molecule has 2 aromatic carbocycles. The van der Waals surface area contributed by atoms with Crippen LogP contribution in [0.2, 0.25) is 10.0 Å². The molecule has 1 amide bonds. The minimum Gasteiger partial charge on any atom is -0.497 e. The van der Waals surface area contributed by atoms with E-state index in [1.165, 1.54) is 12.3 Å². The Hall–Kier alpha value is -2.83. The van der Waals surface area contributed by atoms with Gasteiger partial charge in [-0.1, -0.05) is 35.3 Å². The average Bonchev–Trinajstić information content (AvgIpc) is 2.66. The van der Waals surface area contributed by atoms with E-state index in [0.717, 1.165) is 0 Å². The number of ether oxygens (including phenoxy) is 1. The second-order valence-electron chi connectivity index (χ2n) is 5.18. The minimum atomic E-state index is -0.374. The van der Waals surface area contributed by atoms with Gasteiger partial charge in [0.15, 0.2) is 0 Å². The van der Waals surface area contributed by atoms with Gasteiger partial charge in [-0.3, -0.25) is 4.79 Å². The number of nitrogens with one attached hydrogen (secondary N) is 2. The van der Waals surface area contributed by atoms with Crippen LogP contribution in [0.25, 0.3) is 0 Å². The highest BCUT2D eigenvalue weighted by Crippen LogP contribution is 2.30. The summed E-state index contributed by atoms with van der Waals surface area (Å²) in [4.78, 5) is 20.7. The number of hydrogen-bond acceptors (Lipinski definition) is 5. The molecule has 3 rings (SSSR count). The van der Waals surface area contributed by atoms with Gasteiger partial charge in [0.1, 0.15) is 11.4 Å². The molecule has 1 heterocycles. The number of hydrogen-bond donors (Lipinski definition) is 2. The molecule has 2 N–H and O–H groups in total. The van der Waals surface area contributed by atoms with Crippen molar-refractivity contribution in [2.24, 2.45) is 0 Å². The van der Waals surface area contributed by atoms with Crippen LogP contribution in [0.4, 0.5) is 17.3 Å². The van der Waals surface area contributed by atoms with E-state index in [1.807, 2.05) is 0 Å². The van der Waals surface area contributed by atoms with E-state index in [4.69, 9.17) is 27.9 Å².